The lowest BCUT2D eigenvalue weighted by molar-refractivity contribution is -0.137. The van der Waals surface area contributed by atoms with Gasteiger partial charge in [-0.25, -0.2) is 0 Å². The molecule has 3 nitrogen and oxygen atoms in total. The lowest BCUT2D eigenvalue weighted by atomic mass is 10.1. The van der Waals surface area contributed by atoms with Gasteiger partial charge in [-0.2, -0.15) is 13.2 Å². The summed E-state index contributed by atoms with van der Waals surface area (Å²) in [6.45, 7) is 0. The van der Waals surface area contributed by atoms with Crippen molar-refractivity contribution in [3.63, 3.8) is 0 Å². The highest BCUT2D eigenvalue weighted by molar-refractivity contribution is 5.75. The Morgan fingerprint density at radius 2 is 1.71 bits per heavy atom. The van der Waals surface area contributed by atoms with Crippen molar-refractivity contribution in [3.8, 4) is 0 Å². The first kappa shape index (κ1) is 14.7. The van der Waals surface area contributed by atoms with Crippen LogP contribution in [-0.2, 0) is 6.18 Å². The summed E-state index contributed by atoms with van der Waals surface area (Å²) in [5, 5.41) is 3.40. The van der Waals surface area contributed by atoms with Crippen LogP contribution in [0, 0.1) is 0 Å². The number of nitrogens with zero attached hydrogens (tertiary/aromatic N) is 3. The minimum Gasteiger partial charge on any atom is -0.166 e. The fourth-order valence-corrected chi connectivity index (χ4v) is 1.75. The molecule has 0 aliphatic heterocycles. The van der Waals surface area contributed by atoms with Gasteiger partial charge in [0.1, 0.15) is 0 Å². The standard InChI is InChI=1S/C15H10F3N3/c16-15(17,18)13-8-9-14(20-21-19)12(10-13)7-6-11-4-2-1-3-5-11/h1-10H/b7-6+. The summed E-state index contributed by atoms with van der Waals surface area (Å²) >= 11 is 0. The molecule has 0 radical (unpaired) electrons. The maximum absolute atomic E-state index is 12.7. The van der Waals surface area contributed by atoms with E-state index in [0.717, 1.165) is 23.8 Å². The average Bonchev–Trinajstić information content (AvgIpc) is 2.46. The summed E-state index contributed by atoms with van der Waals surface area (Å²) in [7, 11) is 0. The topological polar surface area (TPSA) is 48.8 Å². The van der Waals surface area contributed by atoms with E-state index in [4.69, 9.17) is 5.53 Å². The van der Waals surface area contributed by atoms with Crippen LogP contribution in [0.4, 0.5) is 18.9 Å². The highest BCUT2D eigenvalue weighted by atomic mass is 19.4. The number of halogens is 3. The number of hydrogen-bond acceptors (Lipinski definition) is 1. The van der Waals surface area contributed by atoms with E-state index in [1.165, 1.54) is 6.08 Å². The maximum Gasteiger partial charge on any atom is 0.416 e. The maximum atomic E-state index is 12.7. The lowest BCUT2D eigenvalue weighted by Crippen LogP contribution is -2.04. The van der Waals surface area contributed by atoms with E-state index in [0.29, 0.717) is 0 Å². The molecule has 0 heterocycles. The highest BCUT2D eigenvalue weighted by Crippen LogP contribution is 2.33. The van der Waals surface area contributed by atoms with Gasteiger partial charge in [0.25, 0.3) is 0 Å². The van der Waals surface area contributed by atoms with Crippen molar-refractivity contribution in [2.45, 2.75) is 6.18 Å². The van der Waals surface area contributed by atoms with Crippen molar-refractivity contribution in [1.82, 2.24) is 0 Å². The number of alkyl halides is 3. The molecule has 0 saturated heterocycles. The van der Waals surface area contributed by atoms with E-state index in [-0.39, 0.29) is 11.3 Å². The Bertz CT molecular complexity index is 700. The molecule has 0 aliphatic carbocycles. The van der Waals surface area contributed by atoms with Crippen LogP contribution >= 0.6 is 0 Å². The van der Waals surface area contributed by atoms with Gasteiger partial charge in [-0.15, -0.1) is 0 Å². The van der Waals surface area contributed by atoms with E-state index < -0.39 is 11.7 Å². The highest BCUT2D eigenvalue weighted by Gasteiger charge is 2.30. The van der Waals surface area contributed by atoms with Crippen LogP contribution in [0.1, 0.15) is 16.7 Å². The molecule has 6 heteroatoms. The van der Waals surface area contributed by atoms with Gasteiger partial charge in [-0.3, -0.25) is 0 Å². The van der Waals surface area contributed by atoms with Gasteiger partial charge in [0, 0.05) is 10.6 Å². The van der Waals surface area contributed by atoms with Gasteiger partial charge in [0.15, 0.2) is 0 Å². The Hall–Kier alpha value is -2.72. The molecule has 2 aromatic carbocycles. The van der Waals surface area contributed by atoms with Gasteiger partial charge in [-0.1, -0.05) is 53.7 Å². The molecule has 0 bridgehead atoms. The van der Waals surface area contributed by atoms with Crippen molar-refractivity contribution < 1.29 is 13.2 Å². The molecule has 0 atom stereocenters. The molecular formula is C15H10F3N3. The monoisotopic (exact) mass is 289 g/mol. The second-order valence-electron chi connectivity index (χ2n) is 4.20. The van der Waals surface area contributed by atoms with E-state index in [1.807, 2.05) is 30.3 Å². The molecule has 0 aliphatic rings. The summed E-state index contributed by atoms with van der Waals surface area (Å²) in [6.07, 6.45) is -1.29. The van der Waals surface area contributed by atoms with Gasteiger partial charge < -0.3 is 0 Å². The smallest absolute Gasteiger partial charge is 0.166 e. The molecule has 0 amide bonds. The molecule has 0 unspecified atom stereocenters. The van der Waals surface area contributed by atoms with Crippen LogP contribution in [0.5, 0.6) is 0 Å². The number of hydrogen-bond donors (Lipinski definition) is 0. The molecule has 0 fully saturated rings. The zero-order valence-electron chi connectivity index (χ0n) is 10.7. The molecule has 0 aromatic heterocycles. The first-order valence-corrected chi connectivity index (χ1v) is 6.00. The third-order valence-corrected chi connectivity index (χ3v) is 2.76. The Balaban J connectivity index is 2.44. The predicted octanol–water partition coefficient (Wildman–Crippen LogP) is 5.82. The van der Waals surface area contributed by atoms with E-state index in [9.17, 15) is 13.2 Å². The first-order valence-electron chi connectivity index (χ1n) is 6.00. The van der Waals surface area contributed by atoms with E-state index >= 15 is 0 Å². The Labute approximate surface area is 119 Å². The normalized spacial score (nSPS) is 11.4. The fraction of sp³-hybridized carbons (Fsp3) is 0.0667. The zero-order valence-corrected chi connectivity index (χ0v) is 10.7. The largest absolute Gasteiger partial charge is 0.416 e. The van der Waals surface area contributed by atoms with Crippen molar-refractivity contribution in [2.75, 3.05) is 0 Å². The Morgan fingerprint density at radius 3 is 2.33 bits per heavy atom. The third kappa shape index (κ3) is 3.87. The van der Waals surface area contributed by atoms with E-state index in [2.05, 4.69) is 10.0 Å². The van der Waals surface area contributed by atoms with Crippen molar-refractivity contribution in [1.29, 1.82) is 0 Å². The number of azide groups is 1. The minimum atomic E-state index is -4.44. The zero-order chi connectivity index (χ0) is 15.3. The summed E-state index contributed by atoms with van der Waals surface area (Å²) in [5.41, 5.74) is 8.89. The number of benzene rings is 2. The molecule has 0 spiro atoms. The van der Waals surface area contributed by atoms with Gasteiger partial charge in [0.05, 0.1) is 5.56 Å². The second kappa shape index (κ2) is 6.15. The molecule has 106 valence electrons. The summed E-state index contributed by atoms with van der Waals surface area (Å²) in [5.74, 6) is 0. The molecular weight excluding hydrogens is 279 g/mol. The summed E-state index contributed by atoms with van der Waals surface area (Å²) in [6, 6.07) is 12.1. The Morgan fingerprint density at radius 1 is 1.00 bits per heavy atom. The second-order valence-corrected chi connectivity index (χ2v) is 4.20. The van der Waals surface area contributed by atoms with Gasteiger partial charge in [-0.05, 0) is 28.8 Å². The molecule has 2 aromatic rings. The van der Waals surface area contributed by atoms with Crippen LogP contribution in [0.15, 0.2) is 53.6 Å². The van der Waals surface area contributed by atoms with Crippen LogP contribution < -0.4 is 0 Å². The molecule has 0 saturated carbocycles. The Kier molecular flexibility index (Phi) is 4.30. The average molecular weight is 289 g/mol. The predicted molar refractivity (Wildman–Crippen MR) is 75.6 cm³/mol. The first-order chi connectivity index (χ1) is 10.0. The minimum absolute atomic E-state index is 0.151. The van der Waals surface area contributed by atoms with Crippen LogP contribution in [0.25, 0.3) is 22.6 Å². The summed E-state index contributed by atoms with van der Waals surface area (Å²) < 4.78 is 38.2. The summed E-state index contributed by atoms with van der Waals surface area (Å²) in [4.78, 5) is 2.62. The van der Waals surface area contributed by atoms with Crippen LogP contribution in [0.3, 0.4) is 0 Å². The van der Waals surface area contributed by atoms with Crippen molar-refractivity contribution >= 4 is 17.8 Å². The fourth-order valence-electron chi connectivity index (χ4n) is 1.75. The number of rotatable bonds is 3. The molecule has 2 rings (SSSR count). The van der Waals surface area contributed by atoms with Crippen LogP contribution in [-0.4, -0.2) is 0 Å². The third-order valence-electron chi connectivity index (χ3n) is 2.76. The lowest BCUT2D eigenvalue weighted by Gasteiger charge is -2.08. The quantitative estimate of drug-likeness (QED) is 0.296. The molecule has 0 N–H and O–H groups in total. The van der Waals surface area contributed by atoms with E-state index in [1.54, 1.807) is 6.08 Å². The van der Waals surface area contributed by atoms with Crippen molar-refractivity contribution in [3.05, 3.63) is 75.7 Å². The SMILES string of the molecule is [N-]=[N+]=Nc1ccc(C(F)(F)F)cc1/C=C/c1ccccc1. The van der Waals surface area contributed by atoms with Crippen LogP contribution in [0.2, 0.25) is 0 Å². The van der Waals surface area contributed by atoms with Crippen molar-refractivity contribution in [2.24, 2.45) is 5.11 Å². The molecule has 21 heavy (non-hydrogen) atoms. The van der Waals surface area contributed by atoms with Gasteiger partial charge in [0.2, 0.25) is 0 Å². The van der Waals surface area contributed by atoms with Gasteiger partial charge >= 0.3 is 6.18 Å².